The van der Waals surface area contributed by atoms with E-state index in [4.69, 9.17) is 4.42 Å². The van der Waals surface area contributed by atoms with Gasteiger partial charge in [-0.25, -0.2) is 0 Å². The first-order chi connectivity index (χ1) is 9.69. The first kappa shape index (κ1) is 15.6. The largest absolute Gasteiger partial charge is 0.469 e. The lowest BCUT2D eigenvalue weighted by Gasteiger charge is -2.36. The summed E-state index contributed by atoms with van der Waals surface area (Å²) in [7, 11) is 0. The number of nitrogens with one attached hydrogen (secondary N) is 1. The van der Waals surface area contributed by atoms with Crippen LogP contribution in [0.15, 0.2) is 22.8 Å². The van der Waals surface area contributed by atoms with Gasteiger partial charge in [0.25, 0.3) is 0 Å². The van der Waals surface area contributed by atoms with Crippen LogP contribution in [0.5, 0.6) is 0 Å². The van der Waals surface area contributed by atoms with Crippen LogP contribution in [0.25, 0.3) is 0 Å². The fourth-order valence-corrected chi connectivity index (χ4v) is 3.27. The number of piperidine rings is 1. The molecular weight excluding hydrogens is 248 g/mol. The van der Waals surface area contributed by atoms with Gasteiger partial charge in [0.2, 0.25) is 0 Å². The first-order valence-corrected chi connectivity index (χ1v) is 8.19. The van der Waals surface area contributed by atoms with E-state index in [2.05, 4.69) is 37.1 Å². The van der Waals surface area contributed by atoms with Crippen LogP contribution in [-0.2, 0) is 6.42 Å². The van der Waals surface area contributed by atoms with E-state index >= 15 is 0 Å². The summed E-state index contributed by atoms with van der Waals surface area (Å²) >= 11 is 0. The zero-order valence-electron chi connectivity index (χ0n) is 13.3. The summed E-state index contributed by atoms with van der Waals surface area (Å²) in [5.74, 6) is 1.90. The summed E-state index contributed by atoms with van der Waals surface area (Å²) in [4.78, 5) is 2.58. The highest BCUT2D eigenvalue weighted by molar-refractivity contribution is 4.98. The molecule has 3 unspecified atom stereocenters. The molecule has 1 N–H and O–H groups in total. The van der Waals surface area contributed by atoms with Crippen LogP contribution in [0.1, 0.15) is 45.8 Å². The quantitative estimate of drug-likeness (QED) is 0.829. The molecular formula is C17H30N2O. The van der Waals surface area contributed by atoms with Crippen molar-refractivity contribution in [3.63, 3.8) is 0 Å². The van der Waals surface area contributed by atoms with E-state index in [0.717, 1.165) is 24.5 Å². The van der Waals surface area contributed by atoms with Crippen LogP contribution in [0.2, 0.25) is 0 Å². The molecule has 1 saturated heterocycles. The molecule has 0 aromatic carbocycles. The second kappa shape index (κ2) is 7.84. The number of hydrogen-bond acceptors (Lipinski definition) is 3. The molecule has 2 rings (SSSR count). The van der Waals surface area contributed by atoms with Crippen molar-refractivity contribution >= 4 is 0 Å². The van der Waals surface area contributed by atoms with E-state index in [-0.39, 0.29) is 0 Å². The standard InChI is InChI=1S/C17H30N2O/c1-4-19-11-5-7-16(13-19)15(3)18-14(2)9-10-17-8-6-12-20-17/h6,8,12,14-16,18H,4-5,7,9-11,13H2,1-3H3. The summed E-state index contributed by atoms with van der Waals surface area (Å²) in [6.07, 6.45) is 6.65. The van der Waals surface area contributed by atoms with Gasteiger partial charge in [0.05, 0.1) is 6.26 Å². The molecule has 20 heavy (non-hydrogen) atoms. The molecule has 2 heterocycles. The molecule has 1 aromatic heterocycles. The number of nitrogens with zero attached hydrogens (tertiary/aromatic N) is 1. The molecule has 1 fully saturated rings. The van der Waals surface area contributed by atoms with E-state index in [0.29, 0.717) is 12.1 Å². The number of aryl methyl sites for hydroxylation is 1. The Morgan fingerprint density at radius 1 is 1.45 bits per heavy atom. The van der Waals surface area contributed by atoms with Gasteiger partial charge in [-0.2, -0.15) is 0 Å². The third kappa shape index (κ3) is 4.64. The summed E-state index contributed by atoms with van der Waals surface area (Å²) in [5.41, 5.74) is 0. The molecule has 0 bridgehead atoms. The molecule has 3 atom stereocenters. The molecule has 3 nitrogen and oxygen atoms in total. The van der Waals surface area contributed by atoms with E-state index < -0.39 is 0 Å². The SMILES string of the molecule is CCN1CCCC(C(C)NC(C)CCc2ccco2)C1. The highest BCUT2D eigenvalue weighted by atomic mass is 16.3. The molecule has 1 aliphatic rings. The van der Waals surface area contributed by atoms with E-state index in [1.54, 1.807) is 6.26 Å². The monoisotopic (exact) mass is 278 g/mol. The van der Waals surface area contributed by atoms with Crippen molar-refractivity contribution in [2.24, 2.45) is 5.92 Å². The third-order valence-electron chi connectivity index (χ3n) is 4.65. The van der Waals surface area contributed by atoms with Crippen molar-refractivity contribution in [1.82, 2.24) is 10.2 Å². The number of rotatable bonds is 7. The minimum absolute atomic E-state index is 0.548. The molecule has 3 heteroatoms. The van der Waals surface area contributed by atoms with Crippen LogP contribution in [0.4, 0.5) is 0 Å². The van der Waals surface area contributed by atoms with Crippen LogP contribution in [0, 0.1) is 5.92 Å². The maximum atomic E-state index is 5.40. The lowest BCUT2D eigenvalue weighted by atomic mass is 9.91. The smallest absolute Gasteiger partial charge is 0.103 e. The maximum Gasteiger partial charge on any atom is 0.103 e. The van der Waals surface area contributed by atoms with Gasteiger partial charge >= 0.3 is 0 Å². The van der Waals surface area contributed by atoms with Crippen molar-refractivity contribution in [3.05, 3.63) is 24.2 Å². The van der Waals surface area contributed by atoms with Crippen LogP contribution in [0.3, 0.4) is 0 Å². The Balaban J connectivity index is 1.71. The predicted octanol–water partition coefficient (Wildman–Crippen LogP) is 3.31. The third-order valence-corrected chi connectivity index (χ3v) is 4.65. The first-order valence-electron chi connectivity index (χ1n) is 8.19. The van der Waals surface area contributed by atoms with Crippen LogP contribution >= 0.6 is 0 Å². The highest BCUT2D eigenvalue weighted by Gasteiger charge is 2.24. The van der Waals surface area contributed by atoms with Gasteiger partial charge in [0.1, 0.15) is 5.76 Å². The van der Waals surface area contributed by atoms with E-state index in [9.17, 15) is 0 Å². The van der Waals surface area contributed by atoms with Crippen molar-refractivity contribution in [2.45, 2.75) is 58.5 Å². The van der Waals surface area contributed by atoms with Crippen molar-refractivity contribution in [3.8, 4) is 0 Å². The van der Waals surface area contributed by atoms with Crippen molar-refractivity contribution < 1.29 is 4.42 Å². The predicted molar refractivity (Wildman–Crippen MR) is 83.9 cm³/mol. The summed E-state index contributed by atoms with van der Waals surface area (Å²) in [5, 5.41) is 3.79. The number of likely N-dealkylation sites (tertiary alicyclic amines) is 1. The second-order valence-corrected chi connectivity index (χ2v) is 6.27. The molecule has 1 aliphatic heterocycles. The zero-order valence-corrected chi connectivity index (χ0v) is 13.3. The molecule has 1 aromatic rings. The Bertz CT molecular complexity index is 363. The highest BCUT2D eigenvalue weighted by Crippen LogP contribution is 2.20. The van der Waals surface area contributed by atoms with E-state index in [1.165, 1.54) is 32.5 Å². The topological polar surface area (TPSA) is 28.4 Å². The molecule has 114 valence electrons. The van der Waals surface area contributed by atoms with Crippen molar-refractivity contribution in [1.29, 1.82) is 0 Å². The molecule has 0 amide bonds. The normalized spacial score (nSPS) is 23.6. The lowest BCUT2D eigenvalue weighted by Crippen LogP contribution is -2.46. The number of furan rings is 1. The van der Waals surface area contributed by atoms with Gasteiger partial charge in [0.15, 0.2) is 0 Å². The summed E-state index contributed by atoms with van der Waals surface area (Å²) < 4.78 is 5.40. The lowest BCUT2D eigenvalue weighted by molar-refractivity contribution is 0.152. The second-order valence-electron chi connectivity index (χ2n) is 6.27. The summed E-state index contributed by atoms with van der Waals surface area (Å²) in [6.45, 7) is 10.7. The van der Waals surface area contributed by atoms with Gasteiger partial charge in [-0.1, -0.05) is 6.92 Å². The Labute approximate surface area is 123 Å². The number of hydrogen-bond donors (Lipinski definition) is 1. The summed E-state index contributed by atoms with van der Waals surface area (Å²) in [6, 6.07) is 5.19. The molecule has 0 aliphatic carbocycles. The Hall–Kier alpha value is -0.800. The Kier molecular flexibility index (Phi) is 6.11. The van der Waals surface area contributed by atoms with Crippen molar-refractivity contribution in [2.75, 3.05) is 19.6 Å². The van der Waals surface area contributed by atoms with Crippen LogP contribution < -0.4 is 5.32 Å². The average molecular weight is 278 g/mol. The Morgan fingerprint density at radius 2 is 2.30 bits per heavy atom. The molecule has 0 saturated carbocycles. The van der Waals surface area contributed by atoms with Gasteiger partial charge in [-0.15, -0.1) is 0 Å². The van der Waals surface area contributed by atoms with Gasteiger partial charge < -0.3 is 14.6 Å². The fraction of sp³-hybridized carbons (Fsp3) is 0.765. The minimum atomic E-state index is 0.548. The molecule has 0 spiro atoms. The molecule has 0 radical (unpaired) electrons. The maximum absolute atomic E-state index is 5.40. The minimum Gasteiger partial charge on any atom is -0.469 e. The average Bonchev–Trinajstić information content (AvgIpc) is 2.98. The van der Waals surface area contributed by atoms with E-state index in [1.807, 2.05) is 6.07 Å². The van der Waals surface area contributed by atoms with Gasteiger partial charge in [0, 0.05) is 25.0 Å². The van der Waals surface area contributed by atoms with Gasteiger partial charge in [-0.05, 0) is 64.3 Å². The fourth-order valence-electron chi connectivity index (χ4n) is 3.27. The Morgan fingerprint density at radius 3 is 3.00 bits per heavy atom. The van der Waals surface area contributed by atoms with Gasteiger partial charge in [-0.3, -0.25) is 0 Å². The van der Waals surface area contributed by atoms with Crippen LogP contribution in [-0.4, -0.2) is 36.6 Å². The zero-order chi connectivity index (χ0) is 14.4.